The molecule has 3 aromatic rings. The molecule has 0 saturated carbocycles. The van der Waals surface area contributed by atoms with E-state index in [4.69, 9.17) is 4.74 Å². The number of aromatic nitrogens is 1. The number of nitrogens with one attached hydrogen (secondary N) is 2. The number of carbonyl (C=O) groups excluding carboxylic acids is 1. The third-order valence-electron chi connectivity index (χ3n) is 4.19. The molecule has 2 N–H and O–H groups in total. The Bertz CT molecular complexity index is 1050. The lowest BCUT2D eigenvalue weighted by Gasteiger charge is -2.07. The molecule has 0 spiro atoms. The maximum Gasteiger partial charge on any atom is 0.251 e. The number of aryl methyl sites for hydroxylation is 1. The number of methoxy groups -OCH3 is 1. The Hall–Kier alpha value is -3.34. The van der Waals surface area contributed by atoms with Crippen molar-refractivity contribution >= 4 is 28.1 Å². The van der Waals surface area contributed by atoms with Gasteiger partial charge >= 0.3 is 0 Å². The van der Waals surface area contributed by atoms with E-state index in [0.29, 0.717) is 16.8 Å². The molecule has 0 saturated heterocycles. The normalized spacial score (nSPS) is 11.4. The third-order valence-corrected chi connectivity index (χ3v) is 4.19. The molecular weight excluding hydrogens is 328 g/mol. The van der Waals surface area contributed by atoms with E-state index in [1.807, 2.05) is 49.4 Å². The Morgan fingerprint density at radius 1 is 1.12 bits per heavy atom. The number of anilines is 1. The summed E-state index contributed by atoms with van der Waals surface area (Å²) in [4.78, 5) is 26.9. The van der Waals surface area contributed by atoms with Gasteiger partial charge in [0.1, 0.15) is 5.75 Å². The number of aromatic amines is 1. The van der Waals surface area contributed by atoms with Gasteiger partial charge in [-0.3, -0.25) is 9.59 Å². The first kappa shape index (κ1) is 17.5. The second-order valence-electron chi connectivity index (χ2n) is 6.13. The smallest absolute Gasteiger partial charge is 0.251 e. The average Bonchev–Trinajstić information content (AvgIpc) is 2.63. The van der Waals surface area contributed by atoms with Gasteiger partial charge < -0.3 is 15.0 Å². The average molecular weight is 348 g/mol. The van der Waals surface area contributed by atoms with Crippen molar-refractivity contribution < 1.29 is 9.53 Å². The van der Waals surface area contributed by atoms with Crippen LogP contribution in [0.2, 0.25) is 0 Å². The van der Waals surface area contributed by atoms with E-state index in [1.165, 1.54) is 0 Å². The molecule has 0 aliphatic heterocycles. The molecule has 0 aliphatic carbocycles. The number of fused-ring (bicyclic) bond motifs is 1. The van der Waals surface area contributed by atoms with Crippen LogP contribution in [0.25, 0.3) is 16.5 Å². The zero-order valence-electron chi connectivity index (χ0n) is 14.9. The van der Waals surface area contributed by atoms with Crippen molar-refractivity contribution in [3.63, 3.8) is 0 Å². The van der Waals surface area contributed by atoms with Gasteiger partial charge in [-0.15, -0.1) is 0 Å². The number of hydrogen-bond acceptors (Lipinski definition) is 3. The number of benzene rings is 2. The molecule has 0 radical (unpaired) electrons. The molecule has 26 heavy (non-hydrogen) atoms. The second kappa shape index (κ2) is 7.27. The fourth-order valence-electron chi connectivity index (χ4n) is 2.70. The van der Waals surface area contributed by atoms with Gasteiger partial charge in [0.15, 0.2) is 0 Å². The zero-order chi connectivity index (χ0) is 18.7. The number of carbonyl (C=O) groups is 1. The van der Waals surface area contributed by atoms with E-state index in [0.717, 1.165) is 22.3 Å². The first-order chi connectivity index (χ1) is 12.5. The van der Waals surface area contributed by atoms with E-state index >= 15 is 0 Å². The van der Waals surface area contributed by atoms with Crippen LogP contribution in [-0.2, 0) is 4.79 Å². The van der Waals surface area contributed by atoms with Crippen LogP contribution in [0.15, 0.2) is 59.4 Å². The monoisotopic (exact) mass is 348 g/mol. The summed E-state index contributed by atoms with van der Waals surface area (Å²) >= 11 is 0. The van der Waals surface area contributed by atoms with Crippen LogP contribution < -0.4 is 15.6 Å². The Morgan fingerprint density at radius 3 is 2.54 bits per heavy atom. The van der Waals surface area contributed by atoms with Gasteiger partial charge in [-0.05, 0) is 60.7 Å². The van der Waals surface area contributed by atoms with Gasteiger partial charge in [-0.1, -0.05) is 18.2 Å². The van der Waals surface area contributed by atoms with Gasteiger partial charge in [-0.25, -0.2) is 0 Å². The quantitative estimate of drug-likeness (QED) is 0.703. The lowest BCUT2D eigenvalue weighted by Crippen LogP contribution is -2.10. The topological polar surface area (TPSA) is 71.2 Å². The van der Waals surface area contributed by atoms with Crippen molar-refractivity contribution in [2.75, 3.05) is 12.4 Å². The van der Waals surface area contributed by atoms with Crippen LogP contribution in [0.4, 0.5) is 5.69 Å². The minimum absolute atomic E-state index is 0.128. The number of ether oxygens (including phenoxy) is 1. The van der Waals surface area contributed by atoms with Crippen molar-refractivity contribution in [2.24, 2.45) is 0 Å². The standard InChI is InChI=1S/C21H20N2O3/c1-13(15-5-8-18(26-3)9-6-15)11-20(24)22-17-7-4-16-10-14(2)21(25)23-19(16)12-17/h4-12H,1-3H3,(H,22,24)(H,23,25)/b13-11+. The van der Waals surface area contributed by atoms with E-state index in [1.54, 1.807) is 26.2 Å². The van der Waals surface area contributed by atoms with E-state index < -0.39 is 0 Å². The van der Waals surface area contributed by atoms with Crippen molar-refractivity contribution in [1.82, 2.24) is 4.98 Å². The molecule has 132 valence electrons. The molecule has 2 aromatic carbocycles. The molecular formula is C21H20N2O3. The molecule has 1 amide bonds. The minimum Gasteiger partial charge on any atom is -0.497 e. The first-order valence-electron chi connectivity index (χ1n) is 8.23. The summed E-state index contributed by atoms with van der Waals surface area (Å²) in [6.45, 7) is 3.64. The predicted molar refractivity (Wildman–Crippen MR) is 105 cm³/mol. The predicted octanol–water partition coefficient (Wildman–Crippen LogP) is 3.89. The highest BCUT2D eigenvalue weighted by molar-refractivity contribution is 6.04. The second-order valence-corrected chi connectivity index (χ2v) is 6.13. The summed E-state index contributed by atoms with van der Waals surface area (Å²) in [6.07, 6.45) is 1.55. The Labute approximate surface area is 151 Å². The number of amides is 1. The number of rotatable bonds is 4. The Kier molecular flexibility index (Phi) is 4.89. The van der Waals surface area contributed by atoms with Gasteiger partial charge in [0, 0.05) is 17.3 Å². The summed E-state index contributed by atoms with van der Waals surface area (Å²) in [5.74, 6) is 0.540. The van der Waals surface area contributed by atoms with Crippen LogP contribution >= 0.6 is 0 Å². The molecule has 0 fully saturated rings. The third kappa shape index (κ3) is 3.83. The fourth-order valence-corrected chi connectivity index (χ4v) is 2.70. The van der Waals surface area contributed by atoms with Gasteiger partial charge in [0.05, 0.1) is 12.6 Å². The van der Waals surface area contributed by atoms with Crippen molar-refractivity contribution in [1.29, 1.82) is 0 Å². The lowest BCUT2D eigenvalue weighted by molar-refractivity contribution is -0.111. The number of allylic oxidation sites excluding steroid dienone is 1. The van der Waals surface area contributed by atoms with E-state index in [2.05, 4.69) is 10.3 Å². The van der Waals surface area contributed by atoms with Crippen LogP contribution in [0.5, 0.6) is 5.75 Å². The number of pyridine rings is 1. The van der Waals surface area contributed by atoms with Crippen LogP contribution in [0.1, 0.15) is 18.1 Å². The molecule has 1 aromatic heterocycles. The molecule has 0 atom stereocenters. The van der Waals surface area contributed by atoms with Gasteiger partial charge in [0.2, 0.25) is 5.91 Å². The van der Waals surface area contributed by atoms with Crippen LogP contribution in [0.3, 0.4) is 0 Å². The maximum atomic E-state index is 12.3. The molecule has 1 heterocycles. The summed E-state index contributed by atoms with van der Waals surface area (Å²) in [7, 11) is 1.61. The van der Waals surface area contributed by atoms with Gasteiger partial charge in [-0.2, -0.15) is 0 Å². The van der Waals surface area contributed by atoms with Crippen molar-refractivity contribution in [3.05, 3.63) is 76.1 Å². The number of H-pyrrole nitrogens is 1. The molecule has 0 unspecified atom stereocenters. The van der Waals surface area contributed by atoms with Crippen LogP contribution in [0, 0.1) is 6.92 Å². The molecule has 3 rings (SSSR count). The zero-order valence-corrected chi connectivity index (χ0v) is 14.9. The van der Waals surface area contributed by atoms with E-state index in [9.17, 15) is 9.59 Å². The fraction of sp³-hybridized carbons (Fsp3) is 0.143. The van der Waals surface area contributed by atoms with Crippen molar-refractivity contribution in [2.45, 2.75) is 13.8 Å². The largest absolute Gasteiger partial charge is 0.497 e. The van der Waals surface area contributed by atoms with Gasteiger partial charge in [0.25, 0.3) is 5.56 Å². The highest BCUT2D eigenvalue weighted by atomic mass is 16.5. The highest BCUT2D eigenvalue weighted by Gasteiger charge is 2.05. The maximum absolute atomic E-state index is 12.3. The summed E-state index contributed by atoms with van der Waals surface area (Å²) in [6, 6.07) is 14.8. The first-order valence-corrected chi connectivity index (χ1v) is 8.23. The molecule has 0 aliphatic rings. The highest BCUT2D eigenvalue weighted by Crippen LogP contribution is 2.20. The SMILES string of the molecule is COc1ccc(/C(C)=C/C(=O)Nc2ccc3cc(C)c(=O)[nH]c3c2)cc1. The van der Waals surface area contributed by atoms with Crippen molar-refractivity contribution in [3.8, 4) is 5.75 Å². The molecule has 0 bridgehead atoms. The summed E-state index contributed by atoms with van der Waals surface area (Å²) in [5.41, 5.74) is 3.63. The summed E-state index contributed by atoms with van der Waals surface area (Å²) < 4.78 is 5.14. The number of hydrogen-bond donors (Lipinski definition) is 2. The van der Waals surface area contributed by atoms with Crippen LogP contribution in [-0.4, -0.2) is 18.0 Å². The minimum atomic E-state index is -0.230. The van der Waals surface area contributed by atoms with E-state index in [-0.39, 0.29) is 11.5 Å². The molecule has 5 heteroatoms. The Balaban J connectivity index is 1.79. The lowest BCUT2D eigenvalue weighted by atomic mass is 10.1. The molecule has 5 nitrogen and oxygen atoms in total. The summed E-state index contributed by atoms with van der Waals surface area (Å²) in [5, 5.41) is 3.75. The Morgan fingerprint density at radius 2 is 1.85 bits per heavy atom.